The fraction of sp³-hybridized carbons (Fsp3) is 0.519. The predicted octanol–water partition coefficient (Wildman–Crippen LogP) is 4.42. The molecule has 2 aliphatic rings. The van der Waals surface area contributed by atoms with Gasteiger partial charge in [0.2, 0.25) is 11.8 Å². The van der Waals surface area contributed by atoms with Crippen molar-refractivity contribution < 1.29 is 36.3 Å². The molecule has 4 rings (SSSR count). The summed E-state index contributed by atoms with van der Waals surface area (Å²) in [5.41, 5.74) is -1.56. The number of hydrogen-bond acceptors (Lipinski definition) is 5. The number of nitriles is 1. The third-order valence-electron chi connectivity index (χ3n) is 8.05. The van der Waals surface area contributed by atoms with E-state index in [9.17, 15) is 41.6 Å². The van der Waals surface area contributed by atoms with Crippen LogP contribution in [0.15, 0.2) is 18.5 Å². The highest BCUT2D eigenvalue weighted by Crippen LogP contribution is 2.65. The lowest BCUT2D eigenvalue weighted by Gasteiger charge is -2.37. The van der Waals surface area contributed by atoms with Gasteiger partial charge in [0.15, 0.2) is 11.6 Å². The first-order chi connectivity index (χ1) is 18.8. The summed E-state index contributed by atoms with van der Waals surface area (Å²) < 4.78 is 67.5. The van der Waals surface area contributed by atoms with Gasteiger partial charge < -0.3 is 15.5 Å². The molecule has 2 fully saturated rings. The molecule has 2 N–H and O–H groups in total. The zero-order valence-corrected chi connectivity index (χ0v) is 23.4. The molecule has 2 heterocycles. The van der Waals surface area contributed by atoms with E-state index in [0.717, 1.165) is 17.2 Å². The molecule has 0 bridgehead atoms. The third-order valence-corrected chi connectivity index (χ3v) is 8.34. The average molecular weight is 600 g/mol. The molecule has 0 radical (unpaired) electrons. The van der Waals surface area contributed by atoms with E-state index >= 15 is 0 Å². The van der Waals surface area contributed by atoms with Crippen LogP contribution in [0, 0.1) is 45.6 Å². The summed E-state index contributed by atoms with van der Waals surface area (Å²) >= 11 is 6.16. The van der Waals surface area contributed by atoms with Crippen LogP contribution in [0.1, 0.15) is 46.2 Å². The molecule has 1 saturated heterocycles. The number of benzene rings is 1. The molecule has 14 heteroatoms. The van der Waals surface area contributed by atoms with Gasteiger partial charge in [-0.1, -0.05) is 46.2 Å². The van der Waals surface area contributed by atoms with Gasteiger partial charge in [-0.25, -0.2) is 8.78 Å². The van der Waals surface area contributed by atoms with Crippen molar-refractivity contribution >= 4 is 40.1 Å². The first-order valence-corrected chi connectivity index (χ1v) is 13.0. The number of carbonyl (C=O) groups excluding carboxylic acids is 3. The Hall–Kier alpha value is -3.53. The minimum Gasteiger partial charge on any atom is -0.336 e. The van der Waals surface area contributed by atoms with Crippen molar-refractivity contribution in [1.82, 2.24) is 20.5 Å². The van der Waals surface area contributed by atoms with E-state index in [4.69, 9.17) is 11.6 Å². The quantitative estimate of drug-likeness (QED) is 0.390. The second-order valence-corrected chi connectivity index (χ2v) is 12.4. The number of carbonyl (C=O) groups is 3. The maximum atomic E-state index is 14.5. The van der Waals surface area contributed by atoms with Gasteiger partial charge in [-0.15, -0.1) is 0 Å². The summed E-state index contributed by atoms with van der Waals surface area (Å²) in [7, 11) is 0. The first kappa shape index (κ1) is 30.4. The minimum absolute atomic E-state index is 0.0188. The van der Waals surface area contributed by atoms with Crippen molar-refractivity contribution in [3.8, 4) is 6.07 Å². The van der Waals surface area contributed by atoms with Crippen LogP contribution in [0.3, 0.4) is 0 Å². The molecule has 1 unspecified atom stereocenters. The van der Waals surface area contributed by atoms with Gasteiger partial charge in [0.25, 0.3) is 0 Å². The molecule has 2 aromatic rings. The second kappa shape index (κ2) is 10.1. The monoisotopic (exact) mass is 599 g/mol. The number of aromatic nitrogens is 1. The Balaban J connectivity index is 1.68. The summed E-state index contributed by atoms with van der Waals surface area (Å²) in [6, 6.07) is -1.64. The highest BCUT2D eigenvalue weighted by Gasteiger charge is 2.70. The predicted molar refractivity (Wildman–Crippen MR) is 137 cm³/mol. The maximum Gasteiger partial charge on any atom is 0.471 e. The van der Waals surface area contributed by atoms with Crippen molar-refractivity contribution in [2.45, 2.75) is 58.9 Å². The van der Waals surface area contributed by atoms with Crippen LogP contribution in [0.5, 0.6) is 0 Å². The Morgan fingerprint density at radius 1 is 1.17 bits per heavy atom. The first-order valence-electron chi connectivity index (χ1n) is 12.6. The van der Waals surface area contributed by atoms with Gasteiger partial charge in [-0.2, -0.15) is 18.4 Å². The normalized spacial score (nSPS) is 22.9. The van der Waals surface area contributed by atoms with Crippen LogP contribution in [0.4, 0.5) is 22.0 Å². The molecule has 1 aromatic heterocycles. The van der Waals surface area contributed by atoms with Crippen LogP contribution in [0.2, 0.25) is 5.02 Å². The molecule has 3 amide bonds. The number of amides is 3. The number of nitrogens with zero attached hydrogens (tertiary/aromatic N) is 3. The van der Waals surface area contributed by atoms with Crippen LogP contribution in [-0.2, 0) is 14.4 Å². The van der Waals surface area contributed by atoms with E-state index in [0.29, 0.717) is 0 Å². The number of likely N-dealkylation sites (tertiary alicyclic amines) is 1. The van der Waals surface area contributed by atoms with Crippen LogP contribution in [-0.4, -0.2) is 52.4 Å². The van der Waals surface area contributed by atoms with Gasteiger partial charge >= 0.3 is 12.1 Å². The van der Waals surface area contributed by atoms with E-state index in [-0.39, 0.29) is 39.7 Å². The van der Waals surface area contributed by atoms with Gasteiger partial charge in [0.05, 0.1) is 11.1 Å². The molecule has 220 valence electrons. The molecule has 1 aliphatic carbocycles. The highest BCUT2D eigenvalue weighted by molar-refractivity contribution is 6.35. The zero-order chi connectivity index (χ0) is 30.8. The molecule has 1 saturated carbocycles. The lowest BCUT2D eigenvalue weighted by Crippen LogP contribution is -2.60. The molecule has 0 spiro atoms. The van der Waals surface area contributed by atoms with E-state index in [2.05, 4.69) is 10.3 Å². The number of pyridine rings is 1. The molecule has 5 atom stereocenters. The molecular weight excluding hydrogens is 573 g/mol. The number of alkyl halides is 3. The van der Waals surface area contributed by atoms with Crippen LogP contribution >= 0.6 is 11.6 Å². The third kappa shape index (κ3) is 5.29. The number of nitrogens with one attached hydrogen (secondary N) is 2. The van der Waals surface area contributed by atoms with Gasteiger partial charge in [0.1, 0.15) is 18.1 Å². The summed E-state index contributed by atoms with van der Waals surface area (Å²) in [6.07, 6.45) is -3.04. The van der Waals surface area contributed by atoms with Gasteiger partial charge in [-0.3, -0.25) is 19.4 Å². The van der Waals surface area contributed by atoms with E-state index in [1.165, 1.54) is 27.0 Å². The maximum absolute atomic E-state index is 14.5. The summed E-state index contributed by atoms with van der Waals surface area (Å²) in [4.78, 5) is 44.1. The molecule has 41 heavy (non-hydrogen) atoms. The molecule has 8 nitrogen and oxygen atoms in total. The number of halogens is 6. The van der Waals surface area contributed by atoms with Crippen molar-refractivity contribution in [1.29, 1.82) is 5.26 Å². The molecule has 1 aromatic carbocycles. The SMILES string of the molecule is CC(C)(C)[C@H](NC(=O)C(F)(F)F)C(=O)N1C[C@H]2[C@@H]([C@H]1C(=O)NC(C#N)c1cncc3c(F)c(F)cc(Cl)c13)C2(C)C. The number of rotatable bonds is 5. The van der Waals surface area contributed by atoms with Crippen molar-refractivity contribution in [3.05, 3.63) is 40.7 Å². The van der Waals surface area contributed by atoms with Crippen LogP contribution in [0.25, 0.3) is 10.8 Å². The Morgan fingerprint density at radius 3 is 2.37 bits per heavy atom. The lowest BCUT2D eigenvalue weighted by atomic mass is 9.85. The Kier molecular flexibility index (Phi) is 7.48. The Labute approximate surface area is 237 Å². The largest absolute Gasteiger partial charge is 0.471 e. The Morgan fingerprint density at radius 2 is 1.80 bits per heavy atom. The zero-order valence-electron chi connectivity index (χ0n) is 22.7. The summed E-state index contributed by atoms with van der Waals surface area (Å²) in [5.74, 6) is -6.96. The fourth-order valence-corrected chi connectivity index (χ4v) is 6.06. The molecule has 1 aliphatic heterocycles. The Bertz CT molecular complexity index is 1480. The van der Waals surface area contributed by atoms with Crippen LogP contribution < -0.4 is 10.6 Å². The topological polar surface area (TPSA) is 115 Å². The number of hydrogen-bond donors (Lipinski definition) is 2. The number of fused-ring (bicyclic) bond motifs is 2. The van der Waals surface area contributed by atoms with Crippen molar-refractivity contribution in [2.75, 3.05) is 6.54 Å². The summed E-state index contributed by atoms with van der Waals surface area (Å²) in [5, 5.41) is 13.7. The standard InChI is InChI=1S/C27H27ClF5N5O3/c1-25(2,3)21(37-24(41)27(31,32)33)23(40)38-10-13-18(26(13,4)5)20(38)22(39)36-16(7-34)11-8-35-9-12-17(11)14(28)6-15(29)19(12)30/h6,8-9,13,16,18,20-21H,10H2,1-5H3,(H,36,39)(H,37,41)/t13-,16?,18-,20-,21+/m0/s1. The van der Waals surface area contributed by atoms with Gasteiger partial charge in [0, 0.05) is 35.3 Å². The smallest absolute Gasteiger partial charge is 0.336 e. The average Bonchev–Trinajstić information content (AvgIpc) is 3.20. The van der Waals surface area contributed by atoms with Crippen molar-refractivity contribution in [2.24, 2.45) is 22.7 Å². The van der Waals surface area contributed by atoms with Crippen molar-refractivity contribution in [3.63, 3.8) is 0 Å². The van der Waals surface area contributed by atoms with E-state index < -0.39 is 64.5 Å². The van der Waals surface area contributed by atoms with E-state index in [1.807, 2.05) is 19.9 Å². The molecular formula is C27H27ClF5N5O3. The lowest BCUT2D eigenvalue weighted by molar-refractivity contribution is -0.176. The van der Waals surface area contributed by atoms with Gasteiger partial charge in [-0.05, 0) is 28.7 Å². The number of piperidine rings is 1. The second-order valence-electron chi connectivity index (χ2n) is 12.0. The highest BCUT2D eigenvalue weighted by atomic mass is 35.5. The summed E-state index contributed by atoms with van der Waals surface area (Å²) in [6.45, 7) is 8.24. The minimum atomic E-state index is -5.23. The van der Waals surface area contributed by atoms with E-state index in [1.54, 1.807) is 5.32 Å². The fourth-order valence-electron chi connectivity index (χ4n) is 5.75.